The van der Waals surface area contributed by atoms with Gasteiger partial charge in [0.25, 0.3) is 0 Å². The molecule has 0 amide bonds. The highest BCUT2D eigenvalue weighted by molar-refractivity contribution is 5.71. The van der Waals surface area contributed by atoms with E-state index in [2.05, 4.69) is 41.5 Å². The Balaban J connectivity index is 4.25. The van der Waals surface area contributed by atoms with Crippen molar-refractivity contribution in [1.82, 2.24) is 0 Å². The molecule has 0 aliphatic carbocycles. The topological polar surface area (TPSA) is 78.9 Å². The van der Waals surface area contributed by atoms with Gasteiger partial charge >= 0.3 is 17.9 Å². The fraction of sp³-hybridized carbons (Fsp3) is 0.946. The van der Waals surface area contributed by atoms with E-state index in [1.807, 2.05) is 0 Å². The molecule has 0 N–H and O–H groups in total. The van der Waals surface area contributed by atoms with Gasteiger partial charge in [0, 0.05) is 19.3 Å². The summed E-state index contributed by atoms with van der Waals surface area (Å²) < 4.78 is 16.8. The first kappa shape index (κ1) is 60.4. The van der Waals surface area contributed by atoms with Gasteiger partial charge in [0.2, 0.25) is 0 Å². The van der Waals surface area contributed by atoms with Gasteiger partial charge in [-0.05, 0) is 37.0 Å². The van der Waals surface area contributed by atoms with Crippen molar-refractivity contribution >= 4 is 17.9 Å². The van der Waals surface area contributed by atoms with Crippen molar-refractivity contribution in [2.45, 2.75) is 311 Å². The molecule has 0 aromatic carbocycles. The Hall–Kier alpha value is -1.59. The SMILES string of the molecule is CCC(C)CCCCCCCCCCCCCCCCC(=O)OC[C@@H](COC(=O)CCCCCCCCCCCCCCCC(C)C)OC(=O)CCCCCCCCC(C)CC. The lowest BCUT2D eigenvalue weighted by Gasteiger charge is -2.18. The summed E-state index contributed by atoms with van der Waals surface area (Å²) in [5, 5.41) is 0. The second-order valence-corrected chi connectivity index (χ2v) is 20.2. The minimum absolute atomic E-state index is 0.0649. The number of unbranched alkanes of at least 4 members (excludes halogenated alkanes) is 30. The summed E-state index contributed by atoms with van der Waals surface area (Å²) >= 11 is 0. The molecule has 0 aliphatic rings. The first-order chi connectivity index (χ1) is 30.2. The number of hydrogen-bond donors (Lipinski definition) is 0. The predicted molar refractivity (Wildman–Crippen MR) is 266 cm³/mol. The molecule has 0 saturated heterocycles. The molecule has 2 unspecified atom stereocenters. The quantitative estimate of drug-likeness (QED) is 0.0344. The largest absolute Gasteiger partial charge is 0.462 e. The van der Waals surface area contributed by atoms with Crippen LogP contribution in [0.25, 0.3) is 0 Å². The maximum Gasteiger partial charge on any atom is 0.306 e. The fourth-order valence-electron chi connectivity index (χ4n) is 8.40. The number of rotatable bonds is 49. The zero-order valence-electron chi connectivity index (χ0n) is 42.7. The highest BCUT2D eigenvalue weighted by Crippen LogP contribution is 2.19. The maximum absolute atomic E-state index is 12.8. The molecule has 62 heavy (non-hydrogen) atoms. The van der Waals surface area contributed by atoms with Crippen molar-refractivity contribution < 1.29 is 28.6 Å². The summed E-state index contributed by atoms with van der Waals surface area (Å²) in [5.41, 5.74) is 0. The van der Waals surface area contributed by atoms with Crippen LogP contribution < -0.4 is 0 Å². The molecular formula is C56H108O6. The summed E-state index contributed by atoms with van der Waals surface area (Å²) in [4.78, 5) is 38.0. The number of hydrogen-bond acceptors (Lipinski definition) is 6. The predicted octanol–water partition coefficient (Wildman–Crippen LogP) is 17.9. The van der Waals surface area contributed by atoms with E-state index >= 15 is 0 Å². The molecule has 0 rings (SSSR count). The van der Waals surface area contributed by atoms with Gasteiger partial charge in [-0.2, -0.15) is 0 Å². The van der Waals surface area contributed by atoms with Crippen molar-refractivity contribution in [2.24, 2.45) is 17.8 Å². The van der Waals surface area contributed by atoms with Crippen LogP contribution in [0, 0.1) is 17.8 Å². The van der Waals surface area contributed by atoms with Crippen LogP contribution in [0.5, 0.6) is 0 Å². The lowest BCUT2D eigenvalue weighted by atomic mass is 9.99. The number of carbonyl (C=O) groups is 3. The minimum Gasteiger partial charge on any atom is -0.462 e. The monoisotopic (exact) mass is 877 g/mol. The Kier molecular flexibility index (Phi) is 46.2. The molecule has 0 aromatic heterocycles. The van der Waals surface area contributed by atoms with Crippen LogP contribution in [0.3, 0.4) is 0 Å². The Morgan fingerprint density at radius 2 is 0.565 bits per heavy atom. The van der Waals surface area contributed by atoms with Gasteiger partial charge in [-0.3, -0.25) is 14.4 Å². The maximum atomic E-state index is 12.8. The van der Waals surface area contributed by atoms with Gasteiger partial charge in [0.15, 0.2) is 6.10 Å². The van der Waals surface area contributed by atoms with Crippen LogP contribution in [0.1, 0.15) is 305 Å². The van der Waals surface area contributed by atoms with Crippen LogP contribution in [0.15, 0.2) is 0 Å². The van der Waals surface area contributed by atoms with Gasteiger partial charge in [-0.15, -0.1) is 0 Å². The Morgan fingerprint density at radius 3 is 0.839 bits per heavy atom. The molecule has 0 bridgehead atoms. The highest BCUT2D eigenvalue weighted by Gasteiger charge is 2.19. The summed E-state index contributed by atoms with van der Waals surface area (Å²) in [6.07, 6.45) is 48.0. The second kappa shape index (κ2) is 47.4. The molecule has 3 atom stereocenters. The third kappa shape index (κ3) is 46.4. The van der Waals surface area contributed by atoms with Crippen LogP contribution in [-0.2, 0) is 28.6 Å². The zero-order chi connectivity index (χ0) is 45.6. The van der Waals surface area contributed by atoms with Crippen molar-refractivity contribution in [3.63, 3.8) is 0 Å². The van der Waals surface area contributed by atoms with Crippen LogP contribution in [-0.4, -0.2) is 37.2 Å². The summed E-state index contributed by atoms with van der Waals surface area (Å²) in [6.45, 7) is 13.8. The van der Waals surface area contributed by atoms with E-state index in [-0.39, 0.29) is 31.1 Å². The van der Waals surface area contributed by atoms with E-state index in [0.717, 1.165) is 75.5 Å². The lowest BCUT2D eigenvalue weighted by Crippen LogP contribution is -2.30. The van der Waals surface area contributed by atoms with Gasteiger partial charge in [0.05, 0.1) is 0 Å². The van der Waals surface area contributed by atoms with Crippen molar-refractivity contribution in [3.05, 3.63) is 0 Å². The van der Waals surface area contributed by atoms with Crippen molar-refractivity contribution in [2.75, 3.05) is 13.2 Å². The normalized spacial score (nSPS) is 13.0. The molecular weight excluding hydrogens is 769 g/mol. The zero-order valence-corrected chi connectivity index (χ0v) is 42.7. The van der Waals surface area contributed by atoms with E-state index in [4.69, 9.17) is 14.2 Å². The van der Waals surface area contributed by atoms with Crippen LogP contribution in [0.4, 0.5) is 0 Å². The number of carbonyl (C=O) groups excluding carboxylic acids is 3. The average molecular weight is 877 g/mol. The Morgan fingerprint density at radius 1 is 0.323 bits per heavy atom. The second-order valence-electron chi connectivity index (χ2n) is 20.2. The molecule has 368 valence electrons. The van der Waals surface area contributed by atoms with E-state index in [1.54, 1.807) is 0 Å². The summed E-state index contributed by atoms with van der Waals surface area (Å²) in [6, 6.07) is 0. The van der Waals surface area contributed by atoms with Crippen molar-refractivity contribution in [3.8, 4) is 0 Å². The third-order valence-corrected chi connectivity index (χ3v) is 13.4. The van der Waals surface area contributed by atoms with E-state index in [0.29, 0.717) is 19.3 Å². The molecule has 6 heteroatoms. The first-order valence-corrected chi connectivity index (χ1v) is 27.7. The average Bonchev–Trinajstić information content (AvgIpc) is 3.26. The lowest BCUT2D eigenvalue weighted by molar-refractivity contribution is -0.167. The molecule has 0 radical (unpaired) electrons. The number of esters is 3. The molecule has 6 nitrogen and oxygen atoms in total. The Bertz CT molecular complexity index is 964. The summed E-state index contributed by atoms with van der Waals surface area (Å²) in [7, 11) is 0. The van der Waals surface area contributed by atoms with Gasteiger partial charge in [-0.25, -0.2) is 0 Å². The van der Waals surface area contributed by atoms with Crippen molar-refractivity contribution in [1.29, 1.82) is 0 Å². The fourth-order valence-corrected chi connectivity index (χ4v) is 8.40. The van der Waals surface area contributed by atoms with Gasteiger partial charge < -0.3 is 14.2 Å². The minimum atomic E-state index is -0.764. The standard InChI is InChI=1S/C56H108O6/c1-7-51(5)43-37-31-25-21-17-13-9-10-14-18-22-26-33-39-45-54(57)60-48-53(62-56(59)47-41-35-29-28-32-38-44-52(6)8-2)49-61-55(58)46-40-34-27-23-19-15-11-12-16-20-24-30-36-42-50(3)4/h50-53H,7-49H2,1-6H3/t51?,52?,53-/m0/s1. The van der Waals surface area contributed by atoms with Crippen LogP contribution in [0.2, 0.25) is 0 Å². The first-order valence-electron chi connectivity index (χ1n) is 27.7. The molecule has 0 fully saturated rings. The summed E-state index contributed by atoms with van der Waals surface area (Å²) in [5.74, 6) is 1.69. The van der Waals surface area contributed by atoms with E-state index < -0.39 is 6.10 Å². The van der Waals surface area contributed by atoms with Gasteiger partial charge in [-0.1, -0.05) is 266 Å². The Labute approximate surface area is 387 Å². The third-order valence-electron chi connectivity index (χ3n) is 13.4. The smallest absolute Gasteiger partial charge is 0.306 e. The van der Waals surface area contributed by atoms with E-state index in [1.165, 1.54) is 186 Å². The van der Waals surface area contributed by atoms with Crippen LogP contribution >= 0.6 is 0 Å². The molecule has 0 aromatic rings. The molecule has 0 heterocycles. The number of ether oxygens (including phenoxy) is 3. The molecule has 0 saturated carbocycles. The van der Waals surface area contributed by atoms with Gasteiger partial charge in [0.1, 0.15) is 13.2 Å². The molecule has 0 spiro atoms. The molecule has 0 aliphatic heterocycles. The highest BCUT2D eigenvalue weighted by atomic mass is 16.6. The van der Waals surface area contributed by atoms with E-state index in [9.17, 15) is 14.4 Å².